The van der Waals surface area contributed by atoms with Gasteiger partial charge >= 0.3 is 0 Å². The summed E-state index contributed by atoms with van der Waals surface area (Å²) in [6, 6.07) is 12.5. The molecule has 0 bridgehead atoms. The lowest BCUT2D eigenvalue weighted by atomic mass is 10.1. The number of hydrogen-bond acceptors (Lipinski definition) is 4. The minimum Gasteiger partial charge on any atom is -0.384 e. The zero-order valence-corrected chi connectivity index (χ0v) is 10.2. The zero-order chi connectivity index (χ0) is 14.0. The van der Waals surface area contributed by atoms with Crippen molar-refractivity contribution in [3.8, 4) is 17.8 Å². The summed E-state index contributed by atoms with van der Waals surface area (Å²) < 4.78 is 1.18. The smallest absolute Gasteiger partial charge is 0.274 e. The Morgan fingerprint density at radius 3 is 2.21 bits per heavy atom. The maximum absolute atomic E-state index is 12.3. The monoisotopic (exact) mass is 250 g/mol. The summed E-state index contributed by atoms with van der Waals surface area (Å²) in [5, 5.41) is 18.2. The van der Waals surface area contributed by atoms with Crippen LogP contribution in [0, 0.1) is 29.6 Å². The zero-order valence-electron chi connectivity index (χ0n) is 10.2. The SMILES string of the molecule is Cc1c(C#N)c(N)n(-c2ccccc2)c(=O)c1C#N. The van der Waals surface area contributed by atoms with Crippen molar-refractivity contribution in [2.24, 2.45) is 0 Å². The van der Waals surface area contributed by atoms with Gasteiger partial charge in [0.2, 0.25) is 0 Å². The Labute approximate surface area is 109 Å². The van der Waals surface area contributed by atoms with Gasteiger partial charge in [-0.25, -0.2) is 0 Å². The molecular weight excluding hydrogens is 240 g/mol. The average molecular weight is 250 g/mol. The normalized spacial score (nSPS) is 9.63. The summed E-state index contributed by atoms with van der Waals surface area (Å²) in [5.41, 5.74) is 6.31. The van der Waals surface area contributed by atoms with Gasteiger partial charge in [0.15, 0.2) is 0 Å². The van der Waals surface area contributed by atoms with Crippen molar-refractivity contribution in [1.29, 1.82) is 10.5 Å². The van der Waals surface area contributed by atoms with Crippen LogP contribution < -0.4 is 11.3 Å². The molecule has 0 unspecified atom stereocenters. The Morgan fingerprint density at radius 1 is 1.11 bits per heavy atom. The van der Waals surface area contributed by atoms with Crippen LogP contribution in [0.3, 0.4) is 0 Å². The van der Waals surface area contributed by atoms with E-state index in [0.29, 0.717) is 11.3 Å². The molecule has 2 rings (SSSR count). The fourth-order valence-electron chi connectivity index (χ4n) is 1.92. The van der Waals surface area contributed by atoms with Crippen LogP contribution in [0.1, 0.15) is 16.7 Å². The molecule has 2 aromatic rings. The minimum atomic E-state index is -0.511. The molecule has 0 aliphatic heterocycles. The number of pyridine rings is 1. The van der Waals surface area contributed by atoms with Gasteiger partial charge < -0.3 is 5.73 Å². The standard InChI is InChI=1S/C14H10N4O/c1-9-11(7-15)13(17)18(14(19)12(9)8-16)10-5-3-2-4-6-10/h2-6H,17H2,1H3. The highest BCUT2D eigenvalue weighted by Crippen LogP contribution is 2.19. The van der Waals surface area contributed by atoms with Gasteiger partial charge in [-0.3, -0.25) is 9.36 Å². The molecule has 0 atom stereocenters. The quantitative estimate of drug-likeness (QED) is 0.828. The molecule has 0 saturated carbocycles. The van der Waals surface area contributed by atoms with Crippen molar-refractivity contribution in [3.63, 3.8) is 0 Å². The van der Waals surface area contributed by atoms with Crippen LogP contribution in [0.15, 0.2) is 35.1 Å². The molecule has 1 heterocycles. The molecule has 5 nitrogen and oxygen atoms in total. The van der Waals surface area contributed by atoms with Crippen molar-refractivity contribution < 1.29 is 0 Å². The van der Waals surface area contributed by atoms with Crippen molar-refractivity contribution in [2.45, 2.75) is 6.92 Å². The van der Waals surface area contributed by atoms with Gasteiger partial charge in [-0.15, -0.1) is 0 Å². The minimum absolute atomic E-state index is 0.0511. The number of nitrogens with zero attached hydrogens (tertiary/aromatic N) is 3. The largest absolute Gasteiger partial charge is 0.384 e. The number of rotatable bonds is 1. The highest BCUT2D eigenvalue weighted by atomic mass is 16.1. The summed E-state index contributed by atoms with van der Waals surface area (Å²) in [7, 11) is 0. The first-order valence-corrected chi connectivity index (χ1v) is 5.52. The number of anilines is 1. The molecule has 0 aliphatic carbocycles. The summed E-state index contributed by atoms with van der Waals surface area (Å²) >= 11 is 0. The third kappa shape index (κ3) is 1.84. The molecule has 1 aromatic carbocycles. The van der Waals surface area contributed by atoms with Gasteiger partial charge in [0, 0.05) is 0 Å². The van der Waals surface area contributed by atoms with Crippen LogP contribution in [-0.2, 0) is 0 Å². The molecule has 0 aliphatic rings. The van der Waals surface area contributed by atoms with Gasteiger partial charge in [0.25, 0.3) is 5.56 Å². The molecule has 92 valence electrons. The predicted octanol–water partition coefficient (Wildman–Crippen LogP) is 1.47. The number of hydrogen-bond donors (Lipinski definition) is 1. The summed E-state index contributed by atoms with van der Waals surface area (Å²) in [6.45, 7) is 1.55. The van der Waals surface area contributed by atoms with E-state index >= 15 is 0 Å². The van der Waals surface area contributed by atoms with Gasteiger partial charge in [-0.05, 0) is 24.6 Å². The topological polar surface area (TPSA) is 95.6 Å². The predicted molar refractivity (Wildman–Crippen MR) is 70.6 cm³/mol. The second-order valence-electron chi connectivity index (χ2n) is 3.96. The second kappa shape index (κ2) is 4.67. The lowest BCUT2D eigenvalue weighted by Gasteiger charge is -2.13. The number of nitrogen functional groups attached to an aromatic ring is 1. The Balaban J connectivity index is 2.96. The van der Waals surface area contributed by atoms with E-state index in [-0.39, 0.29) is 16.9 Å². The fraction of sp³-hybridized carbons (Fsp3) is 0.0714. The molecule has 5 heteroatoms. The lowest BCUT2D eigenvalue weighted by molar-refractivity contribution is 0.981. The first kappa shape index (κ1) is 12.4. The van der Waals surface area contributed by atoms with Crippen LogP contribution in [0.4, 0.5) is 5.82 Å². The maximum atomic E-state index is 12.3. The van der Waals surface area contributed by atoms with Crippen molar-refractivity contribution in [1.82, 2.24) is 4.57 Å². The molecule has 2 N–H and O–H groups in total. The van der Waals surface area contributed by atoms with E-state index in [4.69, 9.17) is 16.3 Å². The highest BCUT2D eigenvalue weighted by Gasteiger charge is 2.18. The molecule has 0 amide bonds. The summed E-state index contributed by atoms with van der Waals surface area (Å²) in [6.07, 6.45) is 0. The van der Waals surface area contributed by atoms with E-state index < -0.39 is 5.56 Å². The Bertz CT molecular complexity index is 776. The fourth-order valence-corrected chi connectivity index (χ4v) is 1.92. The lowest BCUT2D eigenvalue weighted by Crippen LogP contribution is -2.26. The first-order chi connectivity index (χ1) is 9.11. The number of nitriles is 2. The molecule has 0 fully saturated rings. The van der Waals surface area contributed by atoms with Gasteiger partial charge in [-0.1, -0.05) is 18.2 Å². The van der Waals surface area contributed by atoms with Gasteiger partial charge in [-0.2, -0.15) is 10.5 Å². The third-order valence-electron chi connectivity index (χ3n) is 2.90. The number of aromatic nitrogens is 1. The van der Waals surface area contributed by atoms with E-state index in [1.807, 2.05) is 12.1 Å². The Kier molecular flexibility index (Phi) is 3.05. The Morgan fingerprint density at radius 2 is 1.68 bits per heavy atom. The highest BCUT2D eigenvalue weighted by molar-refractivity contribution is 5.61. The van der Waals surface area contributed by atoms with E-state index in [2.05, 4.69) is 0 Å². The van der Waals surface area contributed by atoms with E-state index in [1.165, 1.54) is 4.57 Å². The van der Waals surface area contributed by atoms with Crippen molar-refractivity contribution in [3.05, 3.63) is 57.4 Å². The van der Waals surface area contributed by atoms with E-state index in [9.17, 15) is 4.79 Å². The molecule has 0 spiro atoms. The van der Waals surface area contributed by atoms with Crippen molar-refractivity contribution in [2.75, 3.05) is 5.73 Å². The maximum Gasteiger partial charge on any atom is 0.274 e. The van der Waals surface area contributed by atoms with Crippen LogP contribution in [-0.4, -0.2) is 4.57 Å². The molecule has 1 aromatic heterocycles. The van der Waals surface area contributed by atoms with Crippen LogP contribution in [0.25, 0.3) is 5.69 Å². The number of benzene rings is 1. The third-order valence-corrected chi connectivity index (χ3v) is 2.90. The Hall–Kier alpha value is -3.05. The number of nitrogens with two attached hydrogens (primary N) is 1. The van der Waals surface area contributed by atoms with E-state index in [1.54, 1.807) is 37.3 Å². The summed E-state index contributed by atoms with van der Waals surface area (Å²) in [5.74, 6) is 0.0511. The van der Waals surface area contributed by atoms with Gasteiger partial charge in [0.1, 0.15) is 23.5 Å². The van der Waals surface area contributed by atoms with Crippen LogP contribution >= 0.6 is 0 Å². The van der Waals surface area contributed by atoms with Crippen LogP contribution in [0.2, 0.25) is 0 Å². The summed E-state index contributed by atoms with van der Waals surface area (Å²) in [4.78, 5) is 12.3. The van der Waals surface area contributed by atoms with Gasteiger partial charge in [0.05, 0.1) is 11.3 Å². The van der Waals surface area contributed by atoms with Crippen molar-refractivity contribution >= 4 is 5.82 Å². The molecule has 19 heavy (non-hydrogen) atoms. The first-order valence-electron chi connectivity index (χ1n) is 5.52. The molecular formula is C14H10N4O. The number of para-hydroxylation sites is 1. The second-order valence-corrected chi connectivity index (χ2v) is 3.96. The van der Waals surface area contributed by atoms with E-state index in [0.717, 1.165) is 0 Å². The molecule has 0 radical (unpaired) electrons. The van der Waals surface area contributed by atoms with Crippen LogP contribution in [0.5, 0.6) is 0 Å². The average Bonchev–Trinajstić information content (AvgIpc) is 2.41. The molecule has 0 saturated heterocycles.